The SMILES string of the molecule is N#Cc1cccnc1N1CCC(CO)(Cc2ccc(Cl)cc2)CC1. The van der Waals surface area contributed by atoms with Crippen molar-refractivity contribution in [3.8, 4) is 6.07 Å². The van der Waals surface area contributed by atoms with Crippen LogP contribution in [0.3, 0.4) is 0 Å². The molecule has 1 aliphatic rings. The van der Waals surface area contributed by atoms with Gasteiger partial charge in [0, 0.05) is 36.3 Å². The number of halogens is 1. The maximum absolute atomic E-state index is 10.0. The van der Waals surface area contributed by atoms with Crippen LogP contribution < -0.4 is 4.90 Å². The van der Waals surface area contributed by atoms with Gasteiger partial charge in [0.05, 0.1) is 5.56 Å². The molecule has 0 bridgehead atoms. The molecule has 1 fully saturated rings. The molecule has 1 saturated heterocycles. The maximum atomic E-state index is 10.0. The standard InChI is InChI=1S/C19H20ClN3O/c20-17-5-3-15(4-6-17)12-19(14-24)7-10-23(11-8-19)18-16(13-21)2-1-9-22-18/h1-6,9,24H,7-8,10-12,14H2. The van der Waals surface area contributed by atoms with E-state index in [1.54, 1.807) is 18.3 Å². The van der Waals surface area contributed by atoms with Crippen LogP contribution in [0.25, 0.3) is 0 Å². The third-order valence-electron chi connectivity index (χ3n) is 4.86. The number of aliphatic hydroxyl groups excluding tert-OH is 1. The van der Waals surface area contributed by atoms with Gasteiger partial charge >= 0.3 is 0 Å². The van der Waals surface area contributed by atoms with E-state index >= 15 is 0 Å². The van der Waals surface area contributed by atoms with E-state index in [-0.39, 0.29) is 12.0 Å². The second-order valence-electron chi connectivity index (χ2n) is 6.43. The second-order valence-corrected chi connectivity index (χ2v) is 6.87. The Morgan fingerprint density at radius 1 is 1.21 bits per heavy atom. The van der Waals surface area contributed by atoms with Gasteiger partial charge in [-0.1, -0.05) is 23.7 Å². The average Bonchev–Trinajstić information content (AvgIpc) is 2.64. The third-order valence-corrected chi connectivity index (χ3v) is 5.11. The number of pyridine rings is 1. The number of nitriles is 1. The Labute approximate surface area is 147 Å². The molecule has 124 valence electrons. The summed E-state index contributed by atoms with van der Waals surface area (Å²) in [5.41, 5.74) is 1.68. The topological polar surface area (TPSA) is 60.2 Å². The minimum absolute atomic E-state index is 0.119. The van der Waals surface area contributed by atoms with Crippen molar-refractivity contribution in [2.24, 2.45) is 5.41 Å². The van der Waals surface area contributed by atoms with E-state index in [4.69, 9.17) is 11.6 Å². The summed E-state index contributed by atoms with van der Waals surface area (Å²) in [4.78, 5) is 6.51. The first-order chi connectivity index (χ1) is 11.7. The third kappa shape index (κ3) is 3.53. The zero-order valence-electron chi connectivity index (χ0n) is 13.5. The Kier molecular flexibility index (Phi) is 5.03. The number of aliphatic hydroxyl groups is 1. The van der Waals surface area contributed by atoms with Gasteiger partial charge in [-0.15, -0.1) is 0 Å². The molecule has 3 rings (SSSR count). The smallest absolute Gasteiger partial charge is 0.146 e. The quantitative estimate of drug-likeness (QED) is 0.925. The fourth-order valence-electron chi connectivity index (χ4n) is 3.36. The highest BCUT2D eigenvalue weighted by Crippen LogP contribution is 2.36. The molecule has 1 aliphatic heterocycles. The van der Waals surface area contributed by atoms with Crippen molar-refractivity contribution < 1.29 is 5.11 Å². The van der Waals surface area contributed by atoms with Crippen LogP contribution in [0.15, 0.2) is 42.6 Å². The van der Waals surface area contributed by atoms with Crippen molar-refractivity contribution in [1.82, 2.24) is 4.98 Å². The monoisotopic (exact) mass is 341 g/mol. The molecule has 0 unspecified atom stereocenters. The molecule has 2 heterocycles. The van der Waals surface area contributed by atoms with Gasteiger partial charge in [0.1, 0.15) is 11.9 Å². The molecule has 0 atom stereocenters. The number of hydrogen-bond acceptors (Lipinski definition) is 4. The van der Waals surface area contributed by atoms with Crippen molar-refractivity contribution in [2.75, 3.05) is 24.6 Å². The lowest BCUT2D eigenvalue weighted by atomic mass is 9.74. The number of nitrogens with zero attached hydrogens (tertiary/aromatic N) is 3. The molecule has 24 heavy (non-hydrogen) atoms. The highest BCUT2D eigenvalue weighted by atomic mass is 35.5. The van der Waals surface area contributed by atoms with Gasteiger partial charge in [0.25, 0.3) is 0 Å². The van der Waals surface area contributed by atoms with Crippen LogP contribution in [-0.2, 0) is 6.42 Å². The Morgan fingerprint density at radius 3 is 2.54 bits per heavy atom. The van der Waals surface area contributed by atoms with Gasteiger partial charge in [-0.3, -0.25) is 0 Å². The van der Waals surface area contributed by atoms with Crippen molar-refractivity contribution in [3.63, 3.8) is 0 Å². The molecule has 4 nitrogen and oxygen atoms in total. The molecule has 0 amide bonds. The van der Waals surface area contributed by atoms with E-state index in [2.05, 4.69) is 16.0 Å². The van der Waals surface area contributed by atoms with Crippen LogP contribution in [0.4, 0.5) is 5.82 Å². The van der Waals surface area contributed by atoms with E-state index in [1.165, 1.54) is 5.56 Å². The lowest BCUT2D eigenvalue weighted by molar-refractivity contribution is 0.0961. The van der Waals surface area contributed by atoms with Crippen LogP contribution in [0.2, 0.25) is 5.02 Å². The second kappa shape index (κ2) is 7.21. The van der Waals surface area contributed by atoms with E-state index in [1.807, 2.05) is 24.3 Å². The predicted molar refractivity (Wildman–Crippen MR) is 95.1 cm³/mol. The lowest BCUT2D eigenvalue weighted by Gasteiger charge is -2.41. The molecule has 1 aromatic heterocycles. The summed E-state index contributed by atoms with van der Waals surface area (Å²) in [6, 6.07) is 13.6. The molecule has 0 spiro atoms. The molecule has 0 aliphatic carbocycles. The van der Waals surface area contributed by atoms with Crippen LogP contribution in [-0.4, -0.2) is 29.8 Å². The van der Waals surface area contributed by atoms with Crippen molar-refractivity contribution in [1.29, 1.82) is 5.26 Å². The normalized spacial score (nSPS) is 16.6. The fourth-order valence-corrected chi connectivity index (χ4v) is 3.48. The minimum atomic E-state index is -0.119. The number of rotatable bonds is 4. The van der Waals surface area contributed by atoms with Crippen LogP contribution in [0.5, 0.6) is 0 Å². The average molecular weight is 342 g/mol. The first-order valence-electron chi connectivity index (χ1n) is 8.11. The summed E-state index contributed by atoms with van der Waals surface area (Å²) in [5, 5.41) is 20.0. The van der Waals surface area contributed by atoms with Gasteiger partial charge in [0.15, 0.2) is 0 Å². The van der Waals surface area contributed by atoms with Crippen LogP contribution in [0, 0.1) is 16.7 Å². The zero-order chi connectivity index (χ0) is 17.0. The molecule has 1 aromatic carbocycles. The van der Waals surface area contributed by atoms with Crippen molar-refractivity contribution in [3.05, 3.63) is 58.7 Å². The first kappa shape index (κ1) is 16.8. The number of aromatic nitrogens is 1. The van der Waals surface area contributed by atoms with Gasteiger partial charge < -0.3 is 10.0 Å². The summed E-state index contributed by atoms with van der Waals surface area (Å²) < 4.78 is 0. The Balaban J connectivity index is 1.72. The van der Waals surface area contributed by atoms with E-state index in [9.17, 15) is 10.4 Å². The Morgan fingerprint density at radius 2 is 1.92 bits per heavy atom. The van der Waals surface area contributed by atoms with Gasteiger partial charge in [0.2, 0.25) is 0 Å². The molecular weight excluding hydrogens is 322 g/mol. The number of anilines is 1. The van der Waals surface area contributed by atoms with Gasteiger partial charge in [-0.05, 0) is 49.1 Å². The van der Waals surface area contributed by atoms with E-state index in [0.29, 0.717) is 5.56 Å². The van der Waals surface area contributed by atoms with Crippen molar-refractivity contribution >= 4 is 17.4 Å². The minimum Gasteiger partial charge on any atom is -0.396 e. The van der Waals surface area contributed by atoms with E-state index in [0.717, 1.165) is 43.2 Å². The number of piperidine rings is 1. The number of hydrogen-bond donors (Lipinski definition) is 1. The fraction of sp³-hybridized carbons (Fsp3) is 0.368. The van der Waals surface area contributed by atoms with Gasteiger partial charge in [-0.2, -0.15) is 5.26 Å². The Hall–Kier alpha value is -2.09. The molecule has 5 heteroatoms. The van der Waals surface area contributed by atoms with E-state index < -0.39 is 0 Å². The highest BCUT2D eigenvalue weighted by Gasteiger charge is 2.35. The Bertz CT molecular complexity index is 731. The lowest BCUT2D eigenvalue weighted by Crippen LogP contribution is -2.43. The largest absolute Gasteiger partial charge is 0.396 e. The zero-order valence-corrected chi connectivity index (χ0v) is 14.2. The summed E-state index contributed by atoms with van der Waals surface area (Å²) in [6.45, 7) is 1.75. The summed E-state index contributed by atoms with van der Waals surface area (Å²) in [7, 11) is 0. The summed E-state index contributed by atoms with van der Waals surface area (Å²) in [5.74, 6) is 0.748. The van der Waals surface area contributed by atoms with Gasteiger partial charge in [-0.25, -0.2) is 4.98 Å². The summed E-state index contributed by atoms with van der Waals surface area (Å²) >= 11 is 5.95. The molecule has 1 N–H and O–H groups in total. The molecular formula is C19H20ClN3O. The summed E-state index contributed by atoms with van der Waals surface area (Å²) in [6.07, 6.45) is 4.29. The molecule has 0 saturated carbocycles. The predicted octanol–water partition coefficient (Wildman–Crippen LogP) is 3.43. The van der Waals surface area contributed by atoms with Crippen LogP contribution >= 0.6 is 11.6 Å². The number of benzene rings is 1. The molecule has 0 radical (unpaired) electrons. The van der Waals surface area contributed by atoms with Crippen LogP contribution in [0.1, 0.15) is 24.0 Å². The van der Waals surface area contributed by atoms with Crippen molar-refractivity contribution in [2.45, 2.75) is 19.3 Å². The first-order valence-corrected chi connectivity index (χ1v) is 8.49. The highest BCUT2D eigenvalue weighted by molar-refractivity contribution is 6.30. The molecule has 2 aromatic rings. The maximum Gasteiger partial charge on any atom is 0.146 e.